The van der Waals surface area contributed by atoms with E-state index in [0.29, 0.717) is 55.3 Å². The molecule has 6 aromatic carbocycles. The van der Waals surface area contributed by atoms with Crippen molar-refractivity contribution in [1.29, 1.82) is 0 Å². The summed E-state index contributed by atoms with van der Waals surface area (Å²) < 4.78 is 88.4. The third-order valence-electron chi connectivity index (χ3n) is 19.2. The van der Waals surface area contributed by atoms with Crippen LogP contribution in [-0.2, 0) is 68.2 Å². The fraction of sp³-hybridized carbons (Fsp3) is 0.500. The van der Waals surface area contributed by atoms with Crippen LogP contribution in [0.2, 0.25) is 0 Å². The molecule has 0 aliphatic carbocycles. The second kappa shape index (κ2) is 34.6. The molecule has 4 saturated heterocycles. The Morgan fingerprint density at radius 3 is 1.40 bits per heavy atom. The molecule has 0 bridgehead atoms. The lowest BCUT2D eigenvalue weighted by Crippen LogP contribution is -2.57. The highest BCUT2D eigenvalue weighted by atomic mass is 16.8. The lowest BCUT2D eigenvalue weighted by Gasteiger charge is -2.46. The predicted octanol–water partition coefficient (Wildman–Crippen LogP) is 14.1. The summed E-state index contributed by atoms with van der Waals surface area (Å²) in [4.78, 5) is 59.1. The molecule has 18 unspecified atom stereocenters. The van der Waals surface area contributed by atoms with Gasteiger partial charge in [-0.2, -0.15) is 0 Å². The summed E-state index contributed by atoms with van der Waals surface area (Å²) in [6, 6.07) is 49.1. The van der Waals surface area contributed by atoms with Gasteiger partial charge in [0.05, 0.1) is 65.5 Å². The largest absolute Gasteiger partial charge is 0.459 e. The average Bonchev–Trinajstić information content (AvgIpc) is 1.24. The maximum absolute atomic E-state index is 14.7. The number of benzene rings is 6. The number of fused-ring (bicyclic) bond motifs is 1. The van der Waals surface area contributed by atoms with Crippen LogP contribution in [0.15, 0.2) is 169 Å². The first kappa shape index (κ1) is 71.2. The predicted molar refractivity (Wildman–Crippen MR) is 356 cm³/mol. The van der Waals surface area contributed by atoms with Crippen molar-refractivity contribution in [1.82, 2.24) is 0 Å². The number of hydrogen-bond donors (Lipinski definition) is 0. The Hall–Kier alpha value is -7.59. The molecule has 0 aromatic heterocycles. The van der Waals surface area contributed by atoms with E-state index in [0.717, 1.165) is 16.3 Å². The van der Waals surface area contributed by atoms with E-state index in [9.17, 15) is 19.2 Å². The van der Waals surface area contributed by atoms with Crippen LogP contribution in [0.3, 0.4) is 0 Å². The first-order valence-corrected chi connectivity index (χ1v) is 33.9. The zero-order valence-electron chi connectivity index (χ0n) is 56.0. The highest BCUT2D eigenvalue weighted by Crippen LogP contribution is 2.44. The summed E-state index contributed by atoms with van der Waals surface area (Å²) in [5.41, 5.74) is 11.1. The normalized spacial score (nSPS) is 29.4. The van der Waals surface area contributed by atoms with Crippen LogP contribution in [0.1, 0.15) is 134 Å². The quantitative estimate of drug-likeness (QED) is 0.0102. The van der Waals surface area contributed by atoms with E-state index in [1.165, 1.54) is 0 Å². The van der Waals surface area contributed by atoms with E-state index in [1.54, 1.807) is 97.1 Å². The van der Waals surface area contributed by atoms with Crippen LogP contribution in [0.5, 0.6) is 0 Å². The van der Waals surface area contributed by atoms with Crippen LogP contribution in [-0.4, -0.2) is 136 Å². The average molecular weight is 1320 g/mol. The summed E-state index contributed by atoms with van der Waals surface area (Å²) in [6.45, 7) is 16.5. The zero-order chi connectivity index (χ0) is 67.7. The molecule has 512 valence electrons. The molecule has 4 aliphatic heterocycles. The lowest BCUT2D eigenvalue weighted by atomic mass is 9.85. The van der Waals surface area contributed by atoms with Crippen molar-refractivity contribution in [3.8, 4) is 0 Å². The van der Waals surface area contributed by atoms with Crippen molar-refractivity contribution in [3.05, 3.63) is 202 Å². The smallest absolute Gasteiger partial charge is 0.338 e. The van der Waals surface area contributed by atoms with Crippen molar-refractivity contribution in [3.63, 3.8) is 0 Å². The Morgan fingerprint density at radius 1 is 0.458 bits per heavy atom. The Balaban J connectivity index is 0.980. The van der Waals surface area contributed by atoms with Gasteiger partial charge in [0.15, 0.2) is 37.4 Å². The fourth-order valence-electron chi connectivity index (χ4n) is 13.1. The van der Waals surface area contributed by atoms with Crippen LogP contribution in [0, 0.1) is 35.5 Å². The maximum atomic E-state index is 14.7. The van der Waals surface area contributed by atoms with Crippen molar-refractivity contribution in [2.45, 2.75) is 180 Å². The summed E-state index contributed by atoms with van der Waals surface area (Å²) >= 11 is 0. The van der Waals surface area contributed by atoms with Gasteiger partial charge in [0.2, 0.25) is 0 Å². The van der Waals surface area contributed by atoms with Gasteiger partial charge < -0.3 is 61.6 Å². The Bertz CT molecular complexity index is 3490. The molecule has 4 heterocycles. The Kier molecular flexibility index (Phi) is 25.6. The molecule has 96 heavy (non-hydrogen) atoms. The number of azide groups is 1. The molecule has 0 saturated carbocycles. The number of carbonyl (C=O) groups is 4. The number of unbranched alkanes of at least 4 members (excludes halogenated alkanes) is 2. The van der Waals surface area contributed by atoms with Gasteiger partial charge in [0, 0.05) is 41.7 Å². The van der Waals surface area contributed by atoms with Gasteiger partial charge in [-0.05, 0) is 101 Å². The van der Waals surface area contributed by atoms with Gasteiger partial charge in [0.25, 0.3) is 0 Å². The minimum Gasteiger partial charge on any atom is -0.459 e. The first-order chi connectivity index (χ1) is 46.6. The molecular formula is C76H91N3O17. The van der Waals surface area contributed by atoms with Gasteiger partial charge in [-0.1, -0.05) is 189 Å². The van der Waals surface area contributed by atoms with Crippen molar-refractivity contribution in [2.24, 2.45) is 40.6 Å². The third kappa shape index (κ3) is 17.8. The van der Waals surface area contributed by atoms with Crippen LogP contribution < -0.4 is 0 Å². The van der Waals surface area contributed by atoms with E-state index in [2.05, 4.69) is 40.4 Å². The molecular weight excluding hydrogens is 1230 g/mol. The lowest BCUT2D eigenvalue weighted by molar-refractivity contribution is -0.317. The molecule has 20 atom stereocenters. The molecule has 0 radical (unpaired) electrons. The third-order valence-corrected chi connectivity index (χ3v) is 19.2. The number of hydrogen-bond acceptors (Lipinski definition) is 18. The highest BCUT2D eigenvalue weighted by molar-refractivity contribution is 5.91. The summed E-state index contributed by atoms with van der Waals surface area (Å²) in [6.07, 6.45) is -10.00. The Morgan fingerprint density at radius 2 is 0.896 bits per heavy atom. The number of esters is 4. The monoisotopic (exact) mass is 1320 g/mol. The first-order valence-electron chi connectivity index (χ1n) is 33.9. The molecule has 6 aromatic rings. The molecule has 20 heteroatoms. The van der Waals surface area contributed by atoms with E-state index in [1.807, 2.05) is 91.8 Å². The number of rotatable bonds is 30. The van der Waals surface area contributed by atoms with E-state index < -0.39 is 128 Å². The molecule has 0 amide bonds. The minimum absolute atomic E-state index is 0.119. The molecule has 0 spiro atoms. The van der Waals surface area contributed by atoms with Crippen LogP contribution in [0.25, 0.3) is 21.2 Å². The van der Waals surface area contributed by atoms with Gasteiger partial charge in [-0.3, -0.25) is 0 Å². The molecule has 4 fully saturated rings. The SMILES string of the molecule is CC[C@@H](C)C1OC(OCCCCCN=[N+]=[N-])C(OC(=O)c2ccccc2)C1OC1OC(COC(=O)c2ccccc2)C(C)C(OC2OC([C@H](C)CC)C(OC3OC(COC(=O)c4ccccc4)C(C)C(OCc4ccc5ccccc5c4)C3C)C2OC(=O)c2ccccc2)C1C. The van der Waals surface area contributed by atoms with Crippen molar-refractivity contribution >= 4 is 34.6 Å². The van der Waals surface area contributed by atoms with Gasteiger partial charge in [-0.15, -0.1) is 0 Å². The maximum Gasteiger partial charge on any atom is 0.338 e. The van der Waals surface area contributed by atoms with E-state index in [-0.39, 0.29) is 49.7 Å². The molecule has 20 nitrogen and oxygen atoms in total. The topological polar surface area (TPSA) is 237 Å². The summed E-state index contributed by atoms with van der Waals surface area (Å²) in [5, 5.41) is 5.85. The van der Waals surface area contributed by atoms with Crippen molar-refractivity contribution < 1.29 is 80.8 Å². The Labute approximate surface area is 562 Å². The summed E-state index contributed by atoms with van der Waals surface area (Å²) in [5.74, 6) is -4.69. The van der Waals surface area contributed by atoms with Gasteiger partial charge >= 0.3 is 23.9 Å². The number of nitrogens with zero attached hydrogens (tertiary/aromatic N) is 3. The molecule has 4 aliphatic rings. The summed E-state index contributed by atoms with van der Waals surface area (Å²) in [7, 11) is 0. The van der Waals surface area contributed by atoms with Crippen molar-refractivity contribution in [2.75, 3.05) is 26.4 Å². The zero-order valence-corrected chi connectivity index (χ0v) is 56.0. The second-order valence-electron chi connectivity index (χ2n) is 25.8. The highest BCUT2D eigenvalue weighted by Gasteiger charge is 2.58. The van der Waals surface area contributed by atoms with E-state index >= 15 is 0 Å². The van der Waals surface area contributed by atoms with Gasteiger partial charge in [-0.25, -0.2) is 19.2 Å². The minimum atomic E-state index is -1.30. The standard InChI is InChI=1S/C76H91N3O17/c1-9-46(3)61-65(67(90-71(82)56-33-20-13-21-34-56)75(92-61)84-41-27-15-26-40-78-79-77)95-74-51(8)64(49(6)60(89-74)45-87-70(81)55-31-18-12-19-32-55)94-76-68(91-72(83)57-35-22-14-23-36-57)66(62(93-76)47(4)10-2)96-73-50(7)63(85-43-52-38-39-53-28-24-25-37-58(53)42-52)48(5)59(88-73)44-86-69(80)54-29-16-11-17-30-54/h11-14,16-25,28-39,42,46-51,59-68,73-76H,9-10,15,26-27,40-41,43-45H2,1-8H3/t46-,47-,48?,49?,50?,51?,59?,60?,61?,62?,63?,64?,65?,66?,67?,68?,73?,74?,75?,76?/m1/s1. The second-order valence-corrected chi connectivity index (χ2v) is 25.8. The molecule has 10 rings (SSSR count). The number of carbonyl (C=O) groups excluding carboxylic acids is 4. The molecule has 0 N–H and O–H groups in total. The fourth-order valence-corrected chi connectivity index (χ4v) is 13.1. The number of ether oxygens (including phenoxy) is 13. The van der Waals surface area contributed by atoms with Crippen LogP contribution >= 0.6 is 0 Å². The van der Waals surface area contributed by atoms with Gasteiger partial charge in [0.1, 0.15) is 25.4 Å². The van der Waals surface area contributed by atoms with E-state index in [4.69, 9.17) is 67.1 Å². The van der Waals surface area contributed by atoms with Crippen LogP contribution in [0.4, 0.5) is 0 Å².